The number of benzene rings is 2. The zero-order valence-corrected chi connectivity index (χ0v) is 20.6. The van der Waals surface area contributed by atoms with Crippen molar-refractivity contribution in [2.75, 3.05) is 5.32 Å². The summed E-state index contributed by atoms with van der Waals surface area (Å²) >= 11 is 0. The molecule has 188 valence electrons. The molecule has 6 rings (SSSR count). The van der Waals surface area contributed by atoms with Gasteiger partial charge in [-0.2, -0.15) is 5.10 Å². The van der Waals surface area contributed by atoms with Gasteiger partial charge < -0.3 is 10.3 Å². The second-order valence-corrected chi connectivity index (χ2v) is 9.13. The van der Waals surface area contributed by atoms with E-state index in [4.69, 9.17) is 4.98 Å². The highest BCUT2D eigenvalue weighted by molar-refractivity contribution is 5.98. The molecule has 8 nitrogen and oxygen atoms in total. The number of carbonyl (C=O) groups excluding carboxylic acids is 1. The summed E-state index contributed by atoms with van der Waals surface area (Å²) in [5.74, 6) is 0.236. The highest BCUT2D eigenvalue weighted by Gasteiger charge is 2.16. The van der Waals surface area contributed by atoms with Gasteiger partial charge in [0.2, 0.25) is 5.91 Å². The van der Waals surface area contributed by atoms with Crippen molar-refractivity contribution in [1.29, 1.82) is 0 Å². The summed E-state index contributed by atoms with van der Waals surface area (Å²) in [6, 6.07) is 14.2. The summed E-state index contributed by atoms with van der Waals surface area (Å²) < 4.78 is 13.9. The number of amides is 1. The molecule has 0 aliphatic heterocycles. The smallest absolute Gasteiger partial charge is 0.224 e. The summed E-state index contributed by atoms with van der Waals surface area (Å²) in [4.78, 5) is 29.0. The first-order valence-corrected chi connectivity index (χ1v) is 12.4. The number of fused-ring (bicyclic) bond motifs is 2. The number of carbonyl (C=O) groups is 1. The van der Waals surface area contributed by atoms with E-state index < -0.39 is 0 Å². The maximum absolute atomic E-state index is 13.9. The van der Waals surface area contributed by atoms with Crippen LogP contribution in [0.2, 0.25) is 0 Å². The lowest BCUT2D eigenvalue weighted by Crippen LogP contribution is -2.11. The normalized spacial score (nSPS) is 11.3. The molecule has 0 radical (unpaired) electrons. The lowest BCUT2D eigenvalue weighted by atomic mass is 10.0. The molecule has 38 heavy (non-hydrogen) atoms. The van der Waals surface area contributed by atoms with Crippen LogP contribution in [0.4, 0.5) is 10.1 Å². The molecule has 0 fully saturated rings. The molecule has 0 atom stereocenters. The van der Waals surface area contributed by atoms with Gasteiger partial charge in [0.05, 0.1) is 34.6 Å². The fourth-order valence-electron chi connectivity index (χ4n) is 4.51. The summed E-state index contributed by atoms with van der Waals surface area (Å²) in [5, 5.41) is 11.4. The van der Waals surface area contributed by atoms with Crippen molar-refractivity contribution < 1.29 is 9.18 Å². The maximum Gasteiger partial charge on any atom is 0.224 e. The van der Waals surface area contributed by atoms with Crippen LogP contribution >= 0.6 is 0 Å². The Balaban J connectivity index is 1.37. The van der Waals surface area contributed by atoms with Gasteiger partial charge in [-0.1, -0.05) is 31.5 Å². The number of anilines is 1. The fourth-order valence-corrected chi connectivity index (χ4v) is 4.51. The minimum absolute atomic E-state index is 0.0182. The summed E-state index contributed by atoms with van der Waals surface area (Å²) in [7, 11) is 0. The number of nitrogens with zero attached hydrogens (tertiary/aromatic N) is 4. The van der Waals surface area contributed by atoms with Crippen LogP contribution in [-0.4, -0.2) is 36.0 Å². The third-order valence-electron chi connectivity index (χ3n) is 6.43. The van der Waals surface area contributed by atoms with Gasteiger partial charge in [-0.15, -0.1) is 0 Å². The molecule has 9 heteroatoms. The van der Waals surface area contributed by atoms with Gasteiger partial charge >= 0.3 is 0 Å². The molecule has 4 heterocycles. The molecule has 0 saturated carbocycles. The lowest BCUT2D eigenvalue weighted by molar-refractivity contribution is -0.116. The van der Waals surface area contributed by atoms with E-state index in [0.717, 1.165) is 46.0 Å². The SMILES string of the molecule is CCCCC(=O)Nc1cncc(-c2ccc3[nH]nc(-c4nc5c(-c6cccc(F)c6)cncc5[nH]4)c3c2)c1. The van der Waals surface area contributed by atoms with Crippen LogP contribution in [0.5, 0.6) is 0 Å². The molecule has 0 bridgehead atoms. The molecular weight excluding hydrogens is 481 g/mol. The Kier molecular flexibility index (Phi) is 6.09. The van der Waals surface area contributed by atoms with E-state index in [-0.39, 0.29) is 11.7 Å². The highest BCUT2D eigenvalue weighted by atomic mass is 19.1. The molecule has 0 unspecified atom stereocenters. The fraction of sp³-hybridized carbons (Fsp3) is 0.138. The molecule has 2 aromatic carbocycles. The quantitative estimate of drug-likeness (QED) is 0.229. The number of hydrogen-bond donors (Lipinski definition) is 3. The number of halogens is 1. The number of imidazole rings is 1. The van der Waals surface area contributed by atoms with E-state index in [1.54, 1.807) is 30.9 Å². The van der Waals surface area contributed by atoms with Crippen LogP contribution in [0.25, 0.3) is 55.7 Å². The Morgan fingerprint density at radius 1 is 0.947 bits per heavy atom. The molecule has 4 aromatic heterocycles. The minimum Gasteiger partial charge on any atom is -0.335 e. The van der Waals surface area contributed by atoms with Crippen LogP contribution in [0.15, 0.2) is 73.3 Å². The Morgan fingerprint density at radius 3 is 2.71 bits per heavy atom. The van der Waals surface area contributed by atoms with Crippen molar-refractivity contribution in [1.82, 2.24) is 30.1 Å². The molecule has 0 saturated heterocycles. The minimum atomic E-state index is -0.319. The number of hydrogen-bond acceptors (Lipinski definition) is 5. The van der Waals surface area contributed by atoms with E-state index in [9.17, 15) is 9.18 Å². The number of rotatable bonds is 7. The van der Waals surface area contributed by atoms with Gasteiger partial charge in [0.15, 0.2) is 5.82 Å². The van der Waals surface area contributed by atoms with E-state index in [1.165, 1.54) is 12.1 Å². The highest BCUT2D eigenvalue weighted by Crippen LogP contribution is 2.33. The zero-order chi connectivity index (χ0) is 26.1. The Labute approximate surface area is 217 Å². The summed E-state index contributed by atoms with van der Waals surface area (Å²) in [6.45, 7) is 2.06. The van der Waals surface area contributed by atoms with Crippen LogP contribution in [0, 0.1) is 5.82 Å². The molecule has 0 spiro atoms. The van der Waals surface area contributed by atoms with Gasteiger partial charge in [-0.05, 0) is 47.9 Å². The van der Waals surface area contributed by atoms with Gasteiger partial charge in [-0.3, -0.25) is 19.9 Å². The van der Waals surface area contributed by atoms with E-state index in [2.05, 4.69) is 37.4 Å². The van der Waals surface area contributed by atoms with E-state index >= 15 is 0 Å². The number of nitrogens with one attached hydrogen (secondary N) is 3. The monoisotopic (exact) mass is 505 g/mol. The van der Waals surface area contributed by atoms with Crippen molar-refractivity contribution in [3.8, 4) is 33.8 Å². The average molecular weight is 506 g/mol. The average Bonchev–Trinajstić information content (AvgIpc) is 3.55. The lowest BCUT2D eigenvalue weighted by Gasteiger charge is -2.07. The van der Waals surface area contributed by atoms with Crippen LogP contribution < -0.4 is 5.32 Å². The summed E-state index contributed by atoms with van der Waals surface area (Å²) in [5.41, 5.74) is 6.80. The summed E-state index contributed by atoms with van der Waals surface area (Å²) in [6.07, 6.45) is 9.09. The number of aromatic nitrogens is 6. The maximum atomic E-state index is 13.9. The first-order chi connectivity index (χ1) is 18.6. The van der Waals surface area contributed by atoms with Gasteiger partial charge in [0, 0.05) is 35.3 Å². The third kappa shape index (κ3) is 4.50. The standard InChI is InChI=1S/C29H24FN7O/c1-2-3-7-26(38)33-21-11-19(13-31-14-21)17-8-9-24-22(12-17)28(37-36-24)29-34-25-16-32-15-23(27(25)35-29)18-5-4-6-20(30)10-18/h4-6,8-16H,2-3,7H2,1H3,(H,33,38)(H,34,35)(H,36,37). The number of pyridine rings is 2. The van der Waals surface area contributed by atoms with Crippen molar-refractivity contribution in [2.45, 2.75) is 26.2 Å². The predicted octanol–water partition coefficient (Wildman–Crippen LogP) is 6.50. The topological polar surface area (TPSA) is 112 Å². The molecule has 1 amide bonds. The Morgan fingerprint density at radius 2 is 1.84 bits per heavy atom. The molecule has 3 N–H and O–H groups in total. The predicted molar refractivity (Wildman–Crippen MR) is 146 cm³/mol. The van der Waals surface area contributed by atoms with Gasteiger partial charge in [0.25, 0.3) is 0 Å². The first-order valence-electron chi connectivity index (χ1n) is 12.4. The molecular formula is C29H24FN7O. The van der Waals surface area contributed by atoms with Gasteiger partial charge in [-0.25, -0.2) is 9.37 Å². The van der Waals surface area contributed by atoms with Gasteiger partial charge in [0.1, 0.15) is 11.5 Å². The van der Waals surface area contributed by atoms with Crippen molar-refractivity contribution in [2.24, 2.45) is 0 Å². The van der Waals surface area contributed by atoms with E-state index in [1.807, 2.05) is 30.3 Å². The van der Waals surface area contributed by atoms with E-state index in [0.29, 0.717) is 34.7 Å². The zero-order valence-electron chi connectivity index (χ0n) is 20.6. The third-order valence-corrected chi connectivity index (χ3v) is 6.43. The number of unbranched alkanes of at least 4 members (excludes halogenated alkanes) is 1. The molecule has 6 aromatic rings. The van der Waals surface area contributed by atoms with Crippen LogP contribution in [0.3, 0.4) is 0 Å². The largest absolute Gasteiger partial charge is 0.335 e. The second kappa shape index (κ2) is 9.85. The number of aromatic amines is 2. The second-order valence-electron chi connectivity index (χ2n) is 9.13. The Bertz CT molecular complexity index is 1790. The van der Waals surface area contributed by atoms with Crippen molar-refractivity contribution in [3.63, 3.8) is 0 Å². The molecule has 0 aliphatic carbocycles. The van der Waals surface area contributed by atoms with Crippen LogP contribution in [-0.2, 0) is 4.79 Å². The Hall–Kier alpha value is -4.92. The molecule has 0 aliphatic rings. The first kappa shape index (κ1) is 23.5. The van der Waals surface area contributed by atoms with Crippen molar-refractivity contribution >= 4 is 33.5 Å². The number of H-pyrrole nitrogens is 2. The van der Waals surface area contributed by atoms with Crippen LogP contribution in [0.1, 0.15) is 26.2 Å². The van der Waals surface area contributed by atoms with Crippen molar-refractivity contribution in [3.05, 3.63) is 79.1 Å².